The van der Waals surface area contributed by atoms with E-state index in [1.54, 1.807) is 0 Å². The van der Waals surface area contributed by atoms with Gasteiger partial charge in [-0.1, -0.05) is 18.6 Å². The molecule has 0 heterocycles. The van der Waals surface area contributed by atoms with Crippen molar-refractivity contribution < 1.29 is 4.74 Å². The van der Waals surface area contributed by atoms with Crippen molar-refractivity contribution in [1.29, 1.82) is 0 Å². The lowest BCUT2D eigenvalue weighted by Crippen LogP contribution is -2.39. The predicted octanol–water partition coefficient (Wildman–Crippen LogP) is 4.75. The first-order chi connectivity index (χ1) is 9.85. The lowest BCUT2D eigenvalue weighted by molar-refractivity contribution is 0.242. The maximum atomic E-state index is 5.74. The highest BCUT2D eigenvalue weighted by atomic mass is 16.5. The topological polar surface area (TPSA) is 21.3 Å². The zero-order chi connectivity index (χ0) is 15.5. The molecule has 2 nitrogen and oxygen atoms in total. The van der Waals surface area contributed by atoms with Crippen molar-refractivity contribution in [3.05, 3.63) is 29.8 Å². The van der Waals surface area contributed by atoms with Crippen molar-refractivity contribution in [3.8, 4) is 5.75 Å². The number of benzene rings is 1. The van der Waals surface area contributed by atoms with Gasteiger partial charge in [0.1, 0.15) is 5.75 Å². The Hall–Kier alpha value is -1.02. The third-order valence-electron chi connectivity index (χ3n) is 4.23. The molecule has 1 N–H and O–H groups in total. The minimum absolute atomic E-state index is 0.210. The van der Waals surface area contributed by atoms with Crippen LogP contribution >= 0.6 is 0 Å². The Morgan fingerprint density at radius 2 is 1.81 bits per heavy atom. The van der Waals surface area contributed by atoms with E-state index in [9.17, 15) is 0 Å². The van der Waals surface area contributed by atoms with Gasteiger partial charge in [0.05, 0.1) is 6.10 Å². The van der Waals surface area contributed by atoms with Crippen LogP contribution in [-0.4, -0.2) is 18.2 Å². The van der Waals surface area contributed by atoms with Crippen molar-refractivity contribution in [3.63, 3.8) is 0 Å². The van der Waals surface area contributed by atoms with Crippen molar-refractivity contribution >= 4 is 0 Å². The molecule has 0 aliphatic heterocycles. The van der Waals surface area contributed by atoms with E-state index in [0.29, 0.717) is 5.92 Å². The molecule has 2 unspecified atom stereocenters. The molecule has 1 aromatic rings. The molecule has 1 aliphatic carbocycles. The third-order valence-corrected chi connectivity index (χ3v) is 4.23. The first-order valence-corrected chi connectivity index (χ1v) is 8.37. The molecule has 0 radical (unpaired) electrons. The summed E-state index contributed by atoms with van der Waals surface area (Å²) in [7, 11) is 0. The molecule has 0 amide bonds. The number of hydrogen-bond acceptors (Lipinski definition) is 2. The third kappa shape index (κ3) is 5.03. The van der Waals surface area contributed by atoms with Crippen LogP contribution in [0.1, 0.15) is 65.4 Å². The van der Waals surface area contributed by atoms with Gasteiger partial charge in [-0.15, -0.1) is 0 Å². The van der Waals surface area contributed by atoms with Gasteiger partial charge in [0.2, 0.25) is 0 Å². The summed E-state index contributed by atoms with van der Waals surface area (Å²) in [6, 6.07) is 8.78. The van der Waals surface area contributed by atoms with Gasteiger partial charge in [-0.25, -0.2) is 0 Å². The monoisotopic (exact) mass is 289 g/mol. The summed E-state index contributed by atoms with van der Waals surface area (Å²) in [6.45, 7) is 12.0. The summed E-state index contributed by atoms with van der Waals surface area (Å²) in [4.78, 5) is 0. The highest BCUT2D eigenvalue weighted by Crippen LogP contribution is 2.39. The largest absolute Gasteiger partial charge is 0.491 e. The van der Waals surface area contributed by atoms with E-state index in [-0.39, 0.29) is 11.6 Å². The Balaban J connectivity index is 1.99. The van der Waals surface area contributed by atoms with Gasteiger partial charge < -0.3 is 10.1 Å². The van der Waals surface area contributed by atoms with Crippen LogP contribution in [0.4, 0.5) is 0 Å². The molecule has 0 aromatic heterocycles. The molecule has 2 atom stereocenters. The van der Waals surface area contributed by atoms with Gasteiger partial charge in [-0.05, 0) is 83.5 Å². The normalized spacial score (nSPS) is 22.8. The smallest absolute Gasteiger partial charge is 0.119 e. The Kier molecular flexibility index (Phi) is 5.32. The van der Waals surface area contributed by atoms with Crippen LogP contribution in [0.3, 0.4) is 0 Å². The molecule has 1 aliphatic rings. The zero-order valence-corrected chi connectivity index (χ0v) is 14.3. The van der Waals surface area contributed by atoms with Crippen molar-refractivity contribution in [2.24, 2.45) is 5.92 Å². The average Bonchev–Trinajstić information content (AvgIpc) is 2.84. The first-order valence-electron chi connectivity index (χ1n) is 8.37. The number of ether oxygens (including phenoxy) is 1. The fourth-order valence-corrected chi connectivity index (χ4v) is 3.22. The van der Waals surface area contributed by atoms with Gasteiger partial charge in [-0.3, -0.25) is 0 Å². The maximum absolute atomic E-state index is 5.74. The highest BCUT2D eigenvalue weighted by Gasteiger charge is 2.29. The van der Waals surface area contributed by atoms with Gasteiger partial charge in [0, 0.05) is 5.54 Å². The van der Waals surface area contributed by atoms with E-state index in [1.807, 2.05) is 0 Å². The molecule has 1 aromatic carbocycles. The zero-order valence-electron chi connectivity index (χ0n) is 14.3. The van der Waals surface area contributed by atoms with E-state index in [4.69, 9.17) is 4.74 Å². The molecule has 0 saturated heterocycles. The number of hydrogen-bond donors (Lipinski definition) is 1. The molecule has 118 valence electrons. The van der Waals surface area contributed by atoms with Crippen molar-refractivity contribution in [2.45, 2.75) is 71.4 Å². The number of nitrogens with one attached hydrogen (secondary N) is 1. The minimum atomic E-state index is 0.210. The highest BCUT2D eigenvalue weighted by molar-refractivity contribution is 5.30. The van der Waals surface area contributed by atoms with Crippen LogP contribution < -0.4 is 10.1 Å². The standard InChI is InChI=1S/C19H31NO/c1-14(2)21-17-11-9-15(10-12-17)18-8-6-7-16(18)13-20-19(3,4)5/h9-12,14,16,18,20H,6-8,13H2,1-5H3. The second-order valence-corrected chi connectivity index (χ2v) is 7.66. The summed E-state index contributed by atoms with van der Waals surface area (Å²) < 4.78 is 5.74. The Bertz CT molecular complexity index is 430. The Labute approximate surface area is 130 Å². The van der Waals surface area contributed by atoms with Gasteiger partial charge >= 0.3 is 0 Å². The van der Waals surface area contributed by atoms with Crippen LogP contribution in [0.5, 0.6) is 5.75 Å². The Morgan fingerprint density at radius 1 is 1.14 bits per heavy atom. The van der Waals surface area contributed by atoms with E-state index >= 15 is 0 Å². The minimum Gasteiger partial charge on any atom is -0.491 e. The fourth-order valence-electron chi connectivity index (χ4n) is 3.22. The van der Waals surface area contributed by atoms with E-state index in [0.717, 1.165) is 18.2 Å². The van der Waals surface area contributed by atoms with Crippen molar-refractivity contribution in [1.82, 2.24) is 5.32 Å². The molecule has 1 fully saturated rings. The van der Waals surface area contributed by atoms with E-state index in [2.05, 4.69) is 64.2 Å². The molecule has 1 saturated carbocycles. The van der Waals surface area contributed by atoms with Crippen LogP contribution in [0.25, 0.3) is 0 Å². The predicted molar refractivity (Wildman–Crippen MR) is 90.0 cm³/mol. The summed E-state index contributed by atoms with van der Waals surface area (Å²) in [5.41, 5.74) is 1.69. The molecule has 2 rings (SSSR count). The SMILES string of the molecule is CC(C)Oc1ccc(C2CCCC2CNC(C)(C)C)cc1. The Morgan fingerprint density at radius 3 is 2.38 bits per heavy atom. The van der Waals surface area contributed by atoms with Crippen LogP contribution in [0, 0.1) is 5.92 Å². The first kappa shape index (κ1) is 16.4. The van der Waals surface area contributed by atoms with Crippen LogP contribution in [-0.2, 0) is 0 Å². The fraction of sp³-hybridized carbons (Fsp3) is 0.684. The average molecular weight is 289 g/mol. The summed E-state index contributed by atoms with van der Waals surface area (Å²) in [5.74, 6) is 2.45. The maximum Gasteiger partial charge on any atom is 0.119 e. The second kappa shape index (κ2) is 6.83. The van der Waals surface area contributed by atoms with Gasteiger partial charge in [0.25, 0.3) is 0 Å². The molecule has 2 heteroatoms. The van der Waals surface area contributed by atoms with Gasteiger partial charge in [-0.2, -0.15) is 0 Å². The molecule has 21 heavy (non-hydrogen) atoms. The lowest BCUT2D eigenvalue weighted by Gasteiger charge is -2.27. The van der Waals surface area contributed by atoms with Crippen molar-refractivity contribution in [2.75, 3.05) is 6.54 Å². The second-order valence-electron chi connectivity index (χ2n) is 7.66. The van der Waals surface area contributed by atoms with Crippen LogP contribution in [0.2, 0.25) is 0 Å². The lowest BCUT2D eigenvalue weighted by atomic mass is 9.88. The summed E-state index contributed by atoms with van der Waals surface area (Å²) >= 11 is 0. The van der Waals surface area contributed by atoms with Gasteiger partial charge in [0.15, 0.2) is 0 Å². The summed E-state index contributed by atoms with van der Waals surface area (Å²) in [6.07, 6.45) is 4.26. The molecular weight excluding hydrogens is 258 g/mol. The quantitative estimate of drug-likeness (QED) is 0.845. The number of rotatable bonds is 5. The molecule has 0 bridgehead atoms. The molecule has 0 spiro atoms. The van der Waals surface area contributed by atoms with E-state index in [1.165, 1.54) is 24.8 Å². The summed E-state index contributed by atoms with van der Waals surface area (Å²) in [5, 5.41) is 3.68. The van der Waals surface area contributed by atoms with E-state index < -0.39 is 0 Å². The van der Waals surface area contributed by atoms with Crippen LogP contribution in [0.15, 0.2) is 24.3 Å². The molecular formula is C19H31NO.